The second kappa shape index (κ2) is 13.7. The molecule has 9 aromatic carbocycles. The van der Waals surface area contributed by atoms with E-state index in [1.54, 1.807) is 0 Å². The van der Waals surface area contributed by atoms with E-state index in [0.29, 0.717) is 0 Å². The number of aromatic nitrogens is 3. The number of rotatable bonds is 4. The molecule has 1 aliphatic carbocycles. The maximum Gasteiger partial charge on any atom is 0.160 e. The molecule has 0 bridgehead atoms. The van der Waals surface area contributed by atoms with E-state index >= 15 is 0 Å². The van der Waals surface area contributed by atoms with Crippen molar-refractivity contribution in [1.82, 2.24) is 15.0 Å². The fourth-order valence-corrected chi connectivity index (χ4v) is 11.4. The van der Waals surface area contributed by atoms with Crippen molar-refractivity contribution < 1.29 is 0 Å². The maximum atomic E-state index is 5.46. The molecule has 0 saturated carbocycles. The Morgan fingerprint density at radius 1 is 0.306 bits per heavy atom. The van der Waals surface area contributed by atoms with Gasteiger partial charge in [-0.3, -0.25) is 0 Å². The molecule has 288 valence electrons. The first-order valence-electron chi connectivity index (χ1n) is 21.1. The first kappa shape index (κ1) is 35.1. The van der Waals surface area contributed by atoms with Crippen molar-refractivity contribution in [3.63, 3.8) is 0 Å². The van der Waals surface area contributed by atoms with Crippen LogP contribution in [-0.4, -0.2) is 15.0 Å². The first-order chi connectivity index (χ1) is 30.7. The summed E-state index contributed by atoms with van der Waals surface area (Å²) in [7, 11) is 0. The fourth-order valence-electron chi connectivity index (χ4n) is 10.2. The van der Waals surface area contributed by atoms with E-state index in [9.17, 15) is 0 Å². The summed E-state index contributed by atoms with van der Waals surface area (Å²) in [6, 6.07) is 76.8. The van der Waals surface area contributed by atoms with Crippen molar-refractivity contribution in [2.45, 2.75) is 15.2 Å². The molecule has 0 atom stereocenters. The number of benzene rings is 9. The molecule has 0 N–H and O–H groups in total. The molecule has 0 saturated heterocycles. The van der Waals surface area contributed by atoms with Crippen molar-refractivity contribution in [3.8, 4) is 56.2 Å². The number of para-hydroxylation sites is 1. The Balaban J connectivity index is 1.03. The van der Waals surface area contributed by atoms with Gasteiger partial charge in [0.25, 0.3) is 0 Å². The van der Waals surface area contributed by atoms with Crippen LogP contribution in [0.25, 0.3) is 88.7 Å². The molecule has 1 aliphatic heterocycles. The van der Waals surface area contributed by atoms with Crippen LogP contribution in [0.5, 0.6) is 0 Å². The Bertz CT molecular complexity index is 3550. The predicted octanol–water partition coefficient (Wildman–Crippen LogP) is 14.8. The summed E-state index contributed by atoms with van der Waals surface area (Å²) in [5, 5.41) is 4.52. The van der Waals surface area contributed by atoms with Gasteiger partial charge >= 0.3 is 0 Å². The highest BCUT2D eigenvalue weighted by Crippen LogP contribution is 2.63. The highest BCUT2D eigenvalue weighted by molar-refractivity contribution is 7.99. The van der Waals surface area contributed by atoms with Gasteiger partial charge in [0.05, 0.1) is 27.8 Å². The van der Waals surface area contributed by atoms with Gasteiger partial charge in [-0.2, -0.15) is 0 Å². The molecule has 0 radical (unpaired) electrons. The molecule has 3 nitrogen and oxygen atoms in total. The molecule has 2 aliphatic rings. The SMILES string of the molecule is c1ccc(-c2nc(-c3ccc(-c4ccc5nc(-c6ccccc6)c6cc7c(cc6c5c4)C4(c5ccccc5Sc5ccccc54)c4ccccc4-7)cc3)c3ccccc3n2)cc1. The van der Waals surface area contributed by atoms with Crippen molar-refractivity contribution >= 4 is 44.3 Å². The van der Waals surface area contributed by atoms with Gasteiger partial charge in [0.15, 0.2) is 5.82 Å². The molecule has 2 aromatic heterocycles. The standard InChI is InChI=1S/C58H35N3S/c1-3-15-37(16-4-1)56-46-34-44-41-19-7-9-21-47(41)58(48-22-10-13-25-53(48)62-54-26-14-11-23-49(54)58)50(44)35-43(46)45-33-40(31-32-52(45)59-56)36-27-29-38(30-28-36)55-42-20-8-12-24-51(42)60-57(61-55)39-17-5-2-6-18-39/h1-35H. The zero-order valence-corrected chi connectivity index (χ0v) is 34.3. The van der Waals surface area contributed by atoms with E-state index in [2.05, 4.69) is 188 Å². The summed E-state index contributed by atoms with van der Waals surface area (Å²) in [6.07, 6.45) is 0. The Kier molecular flexibility index (Phi) is 7.75. The van der Waals surface area contributed by atoms with Crippen LogP contribution in [-0.2, 0) is 5.41 Å². The molecular weight excluding hydrogens is 771 g/mol. The van der Waals surface area contributed by atoms with E-state index < -0.39 is 5.41 Å². The van der Waals surface area contributed by atoms with E-state index in [1.165, 1.54) is 48.6 Å². The summed E-state index contributed by atoms with van der Waals surface area (Å²) < 4.78 is 0. The number of fused-ring (bicyclic) bond motifs is 13. The van der Waals surface area contributed by atoms with Gasteiger partial charge in [-0.05, 0) is 92.4 Å². The molecule has 3 heterocycles. The minimum absolute atomic E-state index is 0.472. The van der Waals surface area contributed by atoms with Crippen LogP contribution in [0.3, 0.4) is 0 Å². The van der Waals surface area contributed by atoms with Gasteiger partial charge in [0.1, 0.15) is 0 Å². The third kappa shape index (κ3) is 5.17. The Hall–Kier alpha value is -7.66. The van der Waals surface area contributed by atoms with Crippen LogP contribution in [0, 0.1) is 0 Å². The normalized spacial score (nSPS) is 13.2. The lowest BCUT2D eigenvalue weighted by molar-refractivity contribution is 0.723. The lowest BCUT2D eigenvalue weighted by atomic mass is 9.67. The minimum atomic E-state index is -0.472. The maximum absolute atomic E-state index is 5.46. The van der Waals surface area contributed by atoms with Crippen molar-refractivity contribution in [2.24, 2.45) is 0 Å². The third-order valence-corrected chi connectivity index (χ3v) is 14.1. The smallest absolute Gasteiger partial charge is 0.160 e. The molecular formula is C58H35N3S. The Labute approximate surface area is 363 Å². The van der Waals surface area contributed by atoms with Gasteiger partial charge in [-0.25, -0.2) is 15.0 Å². The zero-order valence-electron chi connectivity index (χ0n) is 33.5. The lowest BCUT2D eigenvalue weighted by Crippen LogP contribution is -2.31. The molecule has 1 spiro atoms. The Morgan fingerprint density at radius 2 is 0.871 bits per heavy atom. The molecule has 11 aromatic rings. The van der Waals surface area contributed by atoms with Gasteiger partial charge in [0, 0.05) is 42.6 Å². The Morgan fingerprint density at radius 3 is 1.63 bits per heavy atom. The van der Waals surface area contributed by atoms with E-state index in [0.717, 1.165) is 72.2 Å². The number of hydrogen-bond donors (Lipinski definition) is 0. The van der Waals surface area contributed by atoms with Crippen LogP contribution >= 0.6 is 11.8 Å². The van der Waals surface area contributed by atoms with Gasteiger partial charge in [-0.1, -0.05) is 182 Å². The molecule has 62 heavy (non-hydrogen) atoms. The summed E-state index contributed by atoms with van der Waals surface area (Å²) >= 11 is 1.88. The molecule has 0 amide bonds. The molecule has 13 rings (SSSR count). The van der Waals surface area contributed by atoms with E-state index in [4.69, 9.17) is 15.0 Å². The average molecular weight is 806 g/mol. The fraction of sp³-hybridized carbons (Fsp3) is 0.0172. The molecule has 4 heteroatoms. The summed E-state index contributed by atoms with van der Waals surface area (Å²) in [6.45, 7) is 0. The zero-order chi connectivity index (χ0) is 40.8. The minimum Gasteiger partial charge on any atom is -0.247 e. The number of nitrogens with zero attached hydrogens (tertiary/aromatic N) is 3. The monoisotopic (exact) mass is 805 g/mol. The van der Waals surface area contributed by atoms with Gasteiger partial charge in [0.2, 0.25) is 0 Å². The third-order valence-electron chi connectivity index (χ3n) is 12.9. The van der Waals surface area contributed by atoms with Crippen molar-refractivity contribution in [3.05, 3.63) is 235 Å². The second-order valence-corrected chi connectivity index (χ2v) is 17.3. The van der Waals surface area contributed by atoms with E-state index in [1.807, 2.05) is 36.0 Å². The lowest BCUT2D eigenvalue weighted by Gasteiger charge is -2.39. The van der Waals surface area contributed by atoms with Crippen molar-refractivity contribution in [1.29, 1.82) is 0 Å². The molecule has 0 unspecified atom stereocenters. The highest BCUT2D eigenvalue weighted by Gasteiger charge is 2.50. The second-order valence-electron chi connectivity index (χ2n) is 16.2. The van der Waals surface area contributed by atoms with Crippen molar-refractivity contribution in [2.75, 3.05) is 0 Å². The molecule has 0 fully saturated rings. The van der Waals surface area contributed by atoms with Crippen LogP contribution in [0.2, 0.25) is 0 Å². The quantitative estimate of drug-likeness (QED) is 0.166. The number of hydrogen-bond acceptors (Lipinski definition) is 4. The summed E-state index contributed by atoms with van der Waals surface area (Å²) in [5.41, 5.74) is 16.7. The van der Waals surface area contributed by atoms with Crippen LogP contribution in [0.15, 0.2) is 222 Å². The van der Waals surface area contributed by atoms with Gasteiger partial charge in [-0.15, -0.1) is 0 Å². The van der Waals surface area contributed by atoms with Crippen LogP contribution < -0.4 is 0 Å². The van der Waals surface area contributed by atoms with Crippen LogP contribution in [0.4, 0.5) is 0 Å². The summed E-state index contributed by atoms with van der Waals surface area (Å²) in [5.74, 6) is 0.725. The largest absolute Gasteiger partial charge is 0.247 e. The van der Waals surface area contributed by atoms with Gasteiger partial charge < -0.3 is 0 Å². The first-order valence-corrected chi connectivity index (χ1v) is 21.9. The topological polar surface area (TPSA) is 38.7 Å². The highest BCUT2D eigenvalue weighted by atomic mass is 32.2. The van der Waals surface area contributed by atoms with Crippen LogP contribution in [0.1, 0.15) is 22.3 Å². The summed E-state index contributed by atoms with van der Waals surface area (Å²) in [4.78, 5) is 18.1. The average Bonchev–Trinajstić information content (AvgIpc) is 3.62. The number of pyridine rings is 1. The predicted molar refractivity (Wildman–Crippen MR) is 256 cm³/mol. The van der Waals surface area contributed by atoms with E-state index in [-0.39, 0.29) is 0 Å².